The van der Waals surface area contributed by atoms with E-state index in [-0.39, 0.29) is 12.8 Å². The van der Waals surface area contributed by atoms with Crippen LogP contribution >= 0.6 is 7.82 Å². The Bertz CT molecular complexity index is 947. The smallest absolute Gasteiger partial charge is 0.472 e. The van der Waals surface area contributed by atoms with Gasteiger partial charge in [0.25, 0.3) is 0 Å². The van der Waals surface area contributed by atoms with Gasteiger partial charge in [0, 0.05) is 12.8 Å². The van der Waals surface area contributed by atoms with E-state index < -0.39 is 57.6 Å². The number of amides is 1. The summed E-state index contributed by atoms with van der Waals surface area (Å²) in [4.78, 5) is 45.6. The summed E-state index contributed by atoms with van der Waals surface area (Å²) in [6.45, 7) is 2.53. The van der Waals surface area contributed by atoms with Gasteiger partial charge in [-0.2, -0.15) is 0 Å². The molecule has 0 spiro atoms. The van der Waals surface area contributed by atoms with Gasteiger partial charge in [0.05, 0.1) is 13.2 Å². The molecule has 0 heterocycles. The average molecular weight is 762 g/mol. The van der Waals surface area contributed by atoms with Gasteiger partial charge in [-0.05, 0) is 38.5 Å². The maximum absolute atomic E-state index is 12.3. The third-order valence-electron chi connectivity index (χ3n) is 9.05. The predicted octanol–water partition coefficient (Wildman–Crippen LogP) is 10.1. The van der Waals surface area contributed by atoms with E-state index in [0.717, 1.165) is 38.5 Å². The molecule has 0 aromatic rings. The molecule has 0 saturated carbocycles. The van der Waals surface area contributed by atoms with Crippen molar-refractivity contribution >= 4 is 25.7 Å². The number of hydrogen-bond acceptors (Lipinski definition) is 8. The number of phosphoric acid groups is 1. The van der Waals surface area contributed by atoms with Crippen molar-refractivity contribution in [3.8, 4) is 0 Å². The molecular formula is C40H76NO10P. The minimum atomic E-state index is -4.74. The van der Waals surface area contributed by atoms with Crippen molar-refractivity contribution in [3.05, 3.63) is 12.2 Å². The second-order valence-electron chi connectivity index (χ2n) is 14.2. The number of aliphatic hydroxyl groups excluding tert-OH is 1. The minimum Gasteiger partial charge on any atom is -0.480 e. The molecule has 52 heavy (non-hydrogen) atoms. The number of rotatable bonds is 39. The number of aliphatic carboxylic acids is 1. The van der Waals surface area contributed by atoms with Gasteiger partial charge in [-0.1, -0.05) is 154 Å². The monoisotopic (exact) mass is 762 g/mol. The number of carboxylic acids is 1. The van der Waals surface area contributed by atoms with E-state index in [1.165, 1.54) is 116 Å². The molecule has 0 saturated heterocycles. The lowest BCUT2D eigenvalue weighted by atomic mass is 10.0. The van der Waals surface area contributed by atoms with Crippen LogP contribution in [0.1, 0.15) is 194 Å². The fraction of sp³-hybridized carbons (Fsp3) is 0.875. The summed E-state index contributed by atoms with van der Waals surface area (Å²) in [6, 6.07) is -1.54. The molecule has 11 nitrogen and oxygen atoms in total. The molecule has 0 aliphatic rings. The van der Waals surface area contributed by atoms with Gasteiger partial charge in [0.15, 0.2) is 6.04 Å². The SMILES string of the molecule is CCCCCCCC/C=C/CCCCCCCCCCCCCC(=O)NC(COP(=O)(O)OCC(O)COC(=O)CCCCCCCCC)C(=O)O. The Kier molecular flexibility index (Phi) is 35.0. The van der Waals surface area contributed by atoms with Crippen molar-refractivity contribution in [1.29, 1.82) is 0 Å². The molecule has 0 aliphatic carbocycles. The third kappa shape index (κ3) is 35.3. The molecule has 0 rings (SSSR count). The molecule has 0 fully saturated rings. The molecule has 3 atom stereocenters. The third-order valence-corrected chi connectivity index (χ3v) is 10.0. The first-order valence-corrected chi connectivity index (χ1v) is 22.2. The van der Waals surface area contributed by atoms with Gasteiger partial charge in [0.1, 0.15) is 12.7 Å². The summed E-state index contributed by atoms with van der Waals surface area (Å²) in [5.41, 5.74) is 0. The second-order valence-corrected chi connectivity index (χ2v) is 15.6. The summed E-state index contributed by atoms with van der Waals surface area (Å²) in [5, 5.41) is 21.7. The normalized spacial score (nSPS) is 13.9. The highest BCUT2D eigenvalue weighted by atomic mass is 31.2. The number of allylic oxidation sites excluding steroid dienone is 2. The van der Waals surface area contributed by atoms with Gasteiger partial charge in [-0.15, -0.1) is 0 Å². The summed E-state index contributed by atoms with van der Waals surface area (Å²) in [5.74, 6) is -2.37. The topological polar surface area (TPSA) is 169 Å². The van der Waals surface area contributed by atoms with Crippen molar-refractivity contribution in [1.82, 2.24) is 5.32 Å². The van der Waals surface area contributed by atoms with E-state index in [0.29, 0.717) is 12.8 Å². The molecule has 0 radical (unpaired) electrons. The molecule has 12 heteroatoms. The number of aliphatic hydroxyl groups is 1. The molecule has 306 valence electrons. The highest BCUT2D eigenvalue weighted by Crippen LogP contribution is 2.43. The molecule has 0 aromatic carbocycles. The van der Waals surface area contributed by atoms with Crippen molar-refractivity contribution in [2.24, 2.45) is 0 Å². The number of carboxylic acid groups (broad SMARTS) is 1. The first-order chi connectivity index (χ1) is 25.1. The van der Waals surface area contributed by atoms with Crippen LogP contribution in [-0.4, -0.2) is 64.9 Å². The Morgan fingerprint density at radius 1 is 0.596 bits per heavy atom. The van der Waals surface area contributed by atoms with Crippen LogP contribution in [-0.2, 0) is 32.7 Å². The van der Waals surface area contributed by atoms with Crippen LogP contribution in [0.15, 0.2) is 12.2 Å². The van der Waals surface area contributed by atoms with Gasteiger partial charge >= 0.3 is 19.8 Å². The highest BCUT2D eigenvalue weighted by molar-refractivity contribution is 7.47. The number of unbranched alkanes of at least 4 members (excludes halogenated alkanes) is 23. The Morgan fingerprint density at radius 3 is 1.46 bits per heavy atom. The average Bonchev–Trinajstić information content (AvgIpc) is 3.11. The second kappa shape index (κ2) is 36.2. The van der Waals surface area contributed by atoms with Gasteiger partial charge in [-0.25, -0.2) is 9.36 Å². The van der Waals surface area contributed by atoms with Crippen LogP contribution < -0.4 is 5.32 Å². The lowest BCUT2D eigenvalue weighted by Gasteiger charge is -2.18. The van der Waals surface area contributed by atoms with E-state index in [9.17, 15) is 34.1 Å². The first-order valence-electron chi connectivity index (χ1n) is 20.7. The zero-order valence-electron chi connectivity index (χ0n) is 32.9. The Hall–Kier alpha value is -1.78. The van der Waals surface area contributed by atoms with Crippen molar-refractivity contribution < 1.29 is 47.8 Å². The fourth-order valence-electron chi connectivity index (χ4n) is 5.78. The fourth-order valence-corrected chi connectivity index (χ4v) is 6.55. The van der Waals surface area contributed by atoms with Gasteiger partial charge < -0.3 is 25.2 Å². The Labute approximate surface area is 316 Å². The van der Waals surface area contributed by atoms with Crippen LogP contribution in [0.25, 0.3) is 0 Å². The Balaban J connectivity index is 3.86. The van der Waals surface area contributed by atoms with Crippen molar-refractivity contribution in [2.45, 2.75) is 206 Å². The largest absolute Gasteiger partial charge is 0.480 e. The number of hydrogen-bond donors (Lipinski definition) is 4. The van der Waals surface area contributed by atoms with Crippen LogP contribution in [0.5, 0.6) is 0 Å². The number of phosphoric ester groups is 1. The number of esters is 1. The standard InChI is InChI=1S/C40H76NO10P/c1-3-5-7-9-11-12-13-14-15-16-17-18-19-20-21-22-23-24-26-27-29-31-38(43)41-37(40(45)46)35-51-52(47,48)50-34-36(42)33-49-39(44)32-30-28-25-10-8-6-4-2/h14-15,36-37,42H,3-13,16-35H2,1-2H3,(H,41,43)(H,45,46)(H,47,48)/b15-14+. The first kappa shape index (κ1) is 50.2. The summed E-state index contributed by atoms with van der Waals surface area (Å²) in [7, 11) is -4.74. The van der Waals surface area contributed by atoms with E-state index >= 15 is 0 Å². The zero-order valence-corrected chi connectivity index (χ0v) is 33.8. The lowest BCUT2D eigenvalue weighted by molar-refractivity contribution is -0.147. The van der Waals surface area contributed by atoms with Crippen LogP contribution in [0.3, 0.4) is 0 Å². The van der Waals surface area contributed by atoms with Crippen molar-refractivity contribution in [2.75, 3.05) is 19.8 Å². The molecule has 0 bridgehead atoms. The van der Waals surface area contributed by atoms with Gasteiger partial charge in [0.2, 0.25) is 5.91 Å². The van der Waals surface area contributed by atoms with E-state index in [4.69, 9.17) is 13.8 Å². The highest BCUT2D eigenvalue weighted by Gasteiger charge is 2.28. The van der Waals surface area contributed by atoms with Crippen LogP contribution in [0, 0.1) is 0 Å². The molecule has 0 aliphatic heterocycles. The van der Waals surface area contributed by atoms with Crippen LogP contribution in [0.2, 0.25) is 0 Å². The van der Waals surface area contributed by atoms with Crippen LogP contribution in [0.4, 0.5) is 0 Å². The quantitative estimate of drug-likeness (QED) is 0.0205. The van der Waals surface area contributed by atoms with E-state index in [2.05, 4.69) is 31.3 Å². The van der Waals surface area contributed by atoms with Crippen molar-refractivity contribution in [3.63, 3.8) is 0 Å². The van der Waals surface area contributed by atoms with E-state index in [1.54, 1.807) is 0 Å². The predicted molar refractivity (Wildman–Crippen MR) is 208 cm³/mol. The van der Waals surface area contributed by atoms with Gasteiger partial charge in [-0.3, -0.25) is 18.6 Å². The maximum atomic E-state index is 12.3. The Morgan fingerprint density at radius 2 is 1.00 bits per heavy atom. The molecular weight excluding hydrogens is 685 g/mol. The number of carbonyl (C=O) groups excluding carboxylic acids is 2. The minimum absolute atomic E-state index is 0.148. The molecule has 3 unspecified atom stereocenters. The maximum Gasteiger partial charge on any atom is 0.472 e. The molecule has 1 amide bonds. The summed E-state index contributed by atoms with van der Waals surface area (Å²) >= 11 is 0. The number of carbonyl (C=O) groups is 3. The molecule has 0 aromatic heterocycles. The lowest BCUT2D eigenvalue weighted by Crippen LogP contribution is -2.43. The zero-order chi connectivity index (χ0) is 38.5. The summed E-state index contributed by atoms with van der Waals surface area (Å²) in [6.07, 6.45) is 34.1. The summed E-state index contributed by atoms with van der Waals surface area (Å²) < 4.78 is 26.7. The molecule has 4 N–H and O–H groups in total. The van der Waals surface area contributed by atoms with E-state index in [1.807, 2.05) is 0 Å². The number of ether oxygens (including phenoxy) is 1. The number of nitrogens with one attached hydrogen (secondary N) is 1.